The van der Waals surface area contributed by atoms with E-state index in [1.165, 1.54) is 23.9 Å². The Morgan fingerprint density at radius 3 is 2.51 bits per heavy atom. The molecule has 0 N–H and O–H groups in total. The highest BCUT2D eigenvalue weighted by atomic mass is 32.2. The number of rotatable bonds is 9. The molecule has 0 saturated carbocycles. The summed E-state index contributed by atoms with van der Waals surface area (Å²) >= 11 is 1.22. The predicted octanol–water partition coefficient (Wildman–Crippen LogP) is 4.20. The number of thioether (sulfide) groups is 1. The van der Waals surface area contributed by atoms with E-state index < -0.39 is 0 Å². The van der Waals surface area contributed by atoms with Gasteiger partial charge in [-0.05, 0) is 29.8 Å². The Morgan fingerprint density at radius 2 is 1.86 bits per heavy atom. The fourth-order valence-corrected chi connectivity index (χ4v) is 4.64. The number of nitriles is 1. The van der Waals surface area contributed by atoms with Gasteiger partial charge in [-0.2, -0.15) is 5.26 Å². The number of benzene rings is 2. The van der Waals surface area contributed by atoms with Crippen molar-refractivity contribution >= 4 is 23.2 Å². The lowest BCUT2D eigenvalue weighted by Crippen LogP contribution is -2.36. The van der Waals surface area contributed by atoms with Gasteiger partial charge in [-0.15, -0.1) is 16.8 Å². The Labute approximate surface area is 207 Å². The Morgan fingerprint density at radius 1 is 1.14 bits per heavy atom. The van der Waals surface area contributed by atoms with E-state index in [9.17, 15) is 14.4 Å². The Bertz CT molecular complexity index is 1260. The number of hydrogen-bond acceptors (Lipinski definition) is 7. The summed E-state index contributed by atoms with van der Waals surface area (Å²) in [7, 11) is 0. The van der Waals surface area contributed by atoms with Crippen LogP contribution in [0.4, 0.5) is 4.39 Å². The number of ether oxygens (including phenoxy) is 1. The summed E-state index contributed by atoms with van der Waals surface area (Å²) in [6.45, 7) is 6.33. The van der Waals surface area contributed by atoms with Crippen molar-refractivity contribution in [2.75, 3.05) is 32.1 Å². The van der Waals surface area contributed by atoms with Crippen LogP contribution in [0.3, 0.4) is 0 Å². The maximum Gasteiger partial charge on any atom is 0.192 e. The highest BCUT2D eigenvalue weighted by Gasteiger charge is 2.25. The number of carbonyl (C=O) groups excluding carboxylic acids is 1. The van der Waals surface area contributed by atoms with E-state index >= 15 is 0 Å². The molecule has 1 saturated heterocycles. The van der Waals surface area contributed by atoms with Gasteiger partial charge in [0.05, 0.1) is 24.7 Å². The molecule has 0 unspecified atom stereocenters. The summed E-state index contributed by atoms with van der Waals surface area (Å²) in [5, 5.41) is 19.1. The summed E-state index contributed by atoms with van der Waals surface area (Å²) in [5.74, 6) is -0.0390. The van der Waals surface area contributed by atoms with Gasteiger partial charge >= 0.3 is 0 Å². The molecule has 0 aliphatic carbocycles. The Kier molecular flexibility index (Phi) is 8.08. The van der Waals surface area contributed by atoms with Gasteiger partial charge < -0.3 is 9.64 Å². The monoisotopic (exact) mass is 489 g/mol. The molecule has 2 aromatic carbocycles. The molecular weight excluding hydrogens is 465 g/mol. The van der Waals surface area contributed by atoms with Crippen molar-refractivity contribution in [3.05, 3.63) is 84.2 Å². The number of ketones is 1. The maximum atomic E-state index is 13.6. The van der Waals surface area contributed by atoms with Crippen molar-refractivity contribution in [1.82, 2.24) is 19.7 Å². The number of allylic oxidation sites excluding steroid dienone is 2. The van der Waals surface area contributed by atoms with Gasteiger partial charge in [0, 0.05) is 25.2 Å². The van der Waals surface area contributed by atoms with Crippen LogP contribution in [0.2, 0.25) is 0 Å². The SMILES string of the molecule is C=CCn1c(SCC(=O)/C(C#N)=C(/c2ccc(F)cc2)N2CCOCC2)nnc1-c1ccccc1. The standard InChI is InChI=1S/C26H24FN5O2S/c1-2-12-32-25(20-6-4-3-5-7-20)29-30-26(32)35-18-23(33)22(17-28)24(31-13-15-34-16-14-31)19-8-10-21(27)11-9-19/h2-11H,1,12-16,18H2/b24-22-. The molecule has 1 aliphatic heterocycles. The minimum absolute atomic E-state index is 0.00198. The van der Waals surface area contributed by atoms with Crippen LogP contribution in [-0.2, 0) is 16.1 Å². The van der Waals surface area contributed by atoms with Crippen molar-refractivity contribution in [2.24, 2.45) is 0 Å². The van der Waals surface area contributed by atoms with E-state index in [-0.39, 0.29) is 22.9 Å². The highest BCUT2D eigenvalue weighted by molar-refractivity contribution is 7.99. The zero-order valence-electron chi connectivity index (χ0n) is 19.1. The second kappa shape index (κ2) is 11.6. The fourth-order valence-electron chi connectivity index (χ4n) is 3.82. The van der Waals surface area contributed by atoms with Gasteiger partial charge in [-0.3, -0.25) is 9.36 Å². The van der Waals surface area contributed by atoms with E-state index in [0.29, 0.717) is 55.1 Å². The molecule has 7 nitrogen and oxygen atoms in total. The van der Waals surface area contributed by atoms with E-state index in [2.05, 4.69) is 22.8 Å². The van der Waals surface area contributed by atoms with Crippen molar-refractivity contribution in [2.45, 2.75) is 11.7 Å². The van der Waals surface area contributed by atoms with Crippen molar-refractivity contribution in [3.8, 4) is 17.5 Å². The number of aromatic nitrogens is 3. The van der Waals surface area contributed by atoms with Gasteiger partial charge in [0.2, 0.25) is 0 Å². The predicted molar refractivity (Wildman–Crippen MR) is 133 cm³/mol. The zero-order valence-corrected chi connectivity index (χ0v) is 19.9. The van der Waals surface area contributed by atoms with Gasteiger partial charge in [-0.1, -0.05) is 48.2 Å². The van der Waals surface area contributed by atoms with Crippen molar-refractivity contribution < 1.29 is 13.9 Å². The number of morpholine rings is 1. The number of Topliss-reactive ketones (excluding diaryl/α,β-unsaturated/α-hetero) is 1. The smallest absolute Gasteiger partial charge is 0.192 e. The largest absolute Gasteiger partial charge is 0.378 e. The molecule has 0 spiro atoms. The van der Waals surface area contributed by atoms with Crippen LogP contribution < -0.4 is 0 Å². The molecule has 1 aliphatic rings. The van der Waals surface area contributed by atoms with E-state index in [0.717, 1.165) is 5.56 Å². The summed E-state index contributed by atoms with van der Waals surface area (Å²) < 4.78 is 20.9. The third-order valence-electron chi connectivity index (χ3n) is 5.47. The van der Waals surface area contributed by atoms with E-state index in [1.807, 2.05) is 39.8 Å². The first-order chi connectivity index (χ1) is 17.1. The number of halogens is 1. The van der Waals surface area contributed by atoms with Gasteiger partial charge in [0.15, 0.2) is 16.8 Å². The molecule has 0 bridgehead atoms. The second-order valence-corrected chi connectivity index (χ2v) is 8.67. The van der Waals surface area contributed by atoms with Crippen LogP contribution >= 0.6 is 11.8 Å². The van der Waals surface area contributed by atoms with Crippen LogP contribution in [0.1, 0.15) is 5.56 Å². The zero-order chi connectivity index (χ0) is 24.6. The maximum absolute atomic E-state index is 13.6. The molecule has 0 amide bonds. The molecule has 9 heteroatoms. The number of hydrogen-bond donors (Lipinski definition) is 0. The molecular formula is C26H24FN5O2S. The molecule has 3 aromatic rings. The molecule has 0 atom stereocenters. The molecule has 35 heavy (non-hydrogen) atoms. The summed E-state index contributed by atoms with van der Waals surface area (Å²) in [4.78, 5) is 15.3. The summed E-state index contributed by atoms with van der Waals surface area (Å²) in [6.07, 6.45) is 1.74. The van der Waals surface area contributed by atoms with E-state index in [1.54, 1.807) is 18.2 Å². The number of nitrogens with zero attached hydrogens (tertiary/aromatic N) is 5. The molecule has 0 radical (unpaired) electrons. The van der Waals surface area contributed by atoms with Crippen LogP contribution in [-0.4, -0.2) is 57.5 Å². The molecule has 1 fully saturated rings. The van der Waals surface area contributed by atoms with Gasteiger partial charge in [-0.25, -0.2) is 4.39 Å². The summed E-state index contributed by atoms with van der Waals surface area (Å²) in [6, 6.07) is 17.6. The average Bonchev–Trinajstić information content (AvgIpc) is 3.30. The normalized spacial score (nSPS) is 14.2. The van der Waals surface area contributed by atoms with Crippen molar-refractivity contribution in [3.63, 3.8) is 0 Å². The Hall–Kier alpha value is -3.74. The third-order valence-corrected chi connectivity index (χ3v) is 6.43. The lowest BCUT2D eigenvalue weighted by Gasteiger charge is -2.32. The highest BCUT2D eigenvalue weighted by Crippen LogP contribution is 2.28. The van der Waals surface area contributed by atoms with Crippen LogP contribution in [0.25, 0.3) is 17.1 Å². The first-order valence-corrected chi connectivity index (χ1v) is 12.1. The van der Waals surface area contributed by atoms with Crippen LogP contribution in [0.5, 0.6) is 0 Å². The third kappa shape index (κ3) is 5.67. The Balaban J connectivity index is 1.63. The molecule has 2 heterocycles. The van der Waals surface area contributed by atoms with Crippen LogP contribution in [0, 0.1) is 17.1 Å². The molecule has 4 rings (SSSR count). The summed E-state index contributed by atoms with van der Waals surface area (Å²) in [5.41, 5.74) is 2.05. The lowest BCUT2D eigenvalue weighted by molar-refractivity contribution is -0.112. The topological polar surface area (TPSA) is 84.0 Å². The molecule has 178 valence electrons. The average molecular weight is 490 g/mol. The van der Waals surface area contributed by atoms with Gasteiger partial charge in [0.25, 0.3) is 0 Å². The van der Waals surface area contributed by atoms with Crippen molar-refractivity contribution in [1.29, 1.82) is 5.26 Å². The second-order valence-electron chi connectivity index (χ2n) is 7.73. The van der Waals surface area contributed by atoms with Gasteiger partial charge in [0.1, 0.15) is 17.5 Å². The minimum Gasteiger partial charge on any atom is -0.378 e. The molecule has 1 aromatic heterocycles. The first-order valence-electron chi connectivity index (χ1n) is 11.1. The quantitative estimate of drug-likeness (QED) is 0.193. The fraction of sp³-hybridized carbons (Fsp3) is 0.231. The number of carbonyl (C=O) groups is 1. The minimum atomic E-state index is -0.383. The van der Waals surface area contributed by atoms with Crippen LogP contribution in [0.15, 0.2) is 78.0 Å². The lowest BCUT2D eigenvalue weighted by atomic mass is 10.0. The van der Waals surface area contributed by atoms with E-state index in [4.69, 9.17) is 4.74 Å². The first kappa shape index (κ1) is 24.4.